The zero-order valence-corrected chi connectivity index (χ0v) is 13.6. The van der Waals surface area contributed by atoms with E-state index in [2.05, 4.69) is 6.58 Å². The molecule has 0 bridgehead atoms. The first-order chi connectivity index (χ1) is 9.14. The Hall–Kier alpha value is -0.880. The van der Waals surface area contributed by atoms with Crippen LogP contribution in [0.3, 0.4) is 0 Å². The normalized spacial score (nSPS) is 12.7. The summed E-state index contributed by atoms with van der Waals surface area (Å²) >= 11 is 6.05. The molecule has 0 heterocycles. The van der Waals surface area contributed by atoms with Gasteiger partial charge in [0.2, 0.25) is 10.0 Å². The first-order valence-corrected chi connectivity index (χ1v) is 8.08. The highest BCUT2D eigenvalue weighted by Crippen LogP contribution is 2.27. The highest BCUT2D eigenvalue weighted by atomic mass is 35.5. The second-order valence-corrected chi connectivity index (χ2v) is 7.72. The molecule has 0 saturated heterocycles. The molecular weight excluding hydrogens is 296 g/mol. The molecule has 0 amide bonds. The van der Waals surface area contributed by atoms with Crippen molar-refractivity contribution < 1.29 is 8.42 Å². The summed E-state index contributed by atoms with van der Waals surface area (Å²) in [5.41, 5.74) is 5.70. The van der Waals surface area contributed by atoms with Crippen LogP contribution in [0, 0.1) is 0 Å². The van der Waals surface area contributed by atoms with Crippen molar-refractivity contribution in [2.45, 2.75) is 37.8 Å². The second kappa shape index (κ2) is 6.26. The number of sulfonamides is 1. The van der Waals surface area contributed by atoms with Gasteiger partial charge in [-0.3, -0.25) is 0 Å². The minimum atomic E-state index is -3.63. The molecular formula is C14H21ClN2O2S. The van der Waals surface area contributed by atoms with Gasteiger partial charge in [-0.2, -0.15) is 4.31 Å². The van der Waals surface area contributed by atoms with Gasteiger partial charge in [0.25, 0.3) is 0 Å². The summed E-state index contributed by atoms with van der Waals surface area (Å²) < 4.78 is 26.8. The summed E-state index contributed by atoms with van der Waals surface area (Å²) in [6, 6.07) is 4.62. The standard InChI is InChI=1S/C14H21ClN2O2S/c1-5-8-17(14(2,3)4)20(18,19)12-7-6-11(10-16)13(15)9-12/h5-7,9H,1,8,10,16H2,2-4H3. The largest absolute Gasteiger partial charge is 0.326 e. The van der Waals surface area contributed by atoms with Crippen molar-refractivity contribution in [1.29, 1.82) is 0 Å². The number of benzene rings is 1. The van der Waals surface area contributed by atoms with Crippen molar-refractivity contribution in [2.24, 2.45) is 5.73 Å². The number of hydrogen-bond acceptors (Lipinski definition) is 3. The van der Waals surface area contributed by atoms with E-state index in [0.29, 0.717) is 5.02 Å². The summed E-state index contributed by atoms with van der Waals surface area (Å²) in [6.45, 7) is 9.64. The highest BCUT2D eigenvalue weighted by molar-refractivity contribution is 7.89. The number of halogens is 1. The average Bonchev–Trinajstić information content (AvgIpc) is 2.34. The van der Waals surface area contributed by atoms with Crippen LogP contribution in [-0.4, -0.2) is 24.8 Å². The van der Waals surface area contributed by atoms with Crippen molar-refractivity contribution in [3.05, 3.63) is 41.4 Å². The minimum absolute atomic E-state index is 0.163. The van der Waals surface area contributed by atoms with Gasteiger partial charge in [-0.1, -0.05) is 23.7 Å². The Morgan fingerprint density at radius 1 is 1.40 bits per heavy atom. The van der Waals surface area contributed by atoms with Crippen molar-refractivity contribution in [2.75, 3.05) is 6.54 Å². The average molecular weight is 317 g/mol. The van der Waals surface area contributed by atoms with Crippen molar-refractivity contribution >= 4 is 21.6 Å². The first kappa shape index (κ1) is 17.2. The molecule has 0 aromatic heterocycles. The van der Waals surface area contributed by atoms with Crippen LogP contribution in [0.1, 0.15) is 26.3 Å². The lowest BCUT2D eigenvalue weighted by Gasteiger charge is -2.33. The molecule has 0 aliphatic rings. The van der Waals surface area contributed by atoms with Crippen molar-refractivity contribution in [1.82, 2.24) is 4.31 Å². The molecule has 0 saturated carbocycles. The molecule has 20 heavy (non-hydrogen) atoms. The predicted molar refractivity (Wildman–Crippen MR) is 83.2 cm³/mol. The fourth-order valence-corrected chi connectivity index (χ4v) is 3.94. The fraction of sp³-hybridized carbons (Fsp3) is 0.429. The Kier molecular flexibility index (Phi) is 5.38. The van der Waals surface area contributed by atoms with Gasteiger partial charge in [-0.25, -0.2) is 8.42 Å². The lowest BCUT2D eigenvalue weighted by atomic mass is 10.1. The molecule has 4 nitrogen and oxygen atoms in total. The summed E-state index contributed by atoms with van der Waals surface area (Å²) in [4.78, 5) is 0.163. The van der Waals surface area contributed by atoms with Gasteiger partial charge in [0.1, 0.15) is 0 Å². The van der Waals surface area contributed by atoms with Crippen LogP contribution in [0.15, 0.2) is 35.7 Å². The second-order valence-electron chi connectivity index (χ2n) is 5.45. The molecule has 0 unspecified atom stereocenters. The van der Waals surface area contributed by atoms with E-state index in [4.69, 9.17) is 17.3 Å². The van der Waals surface area contributed by atoms with E-state index in [1.54, 1.807) is 12.1 Å². The summed E-state index contributed by atoms with van der Waals surface area (Å²) in [7, 11) is -3.63. The Bertz CT molecular complexity index is 592. The Morgan fingerprint density at radius 2 is 2.00 bits per heavy atom. The molecule has 112 valence electrons. The number of nitrogens with two attached hydrogens (primary N) is 1. The van der Waals surface area contributed by atoms with Crippen LogP contribution in [0.4, 0.5) is 0 Å². The molecule has 1 rings (SSSR count). The third-order valence-corrected chi connectivity index (χ3v) is 5.35. The quantitative estimate of drug-likeness (QED) is 0.850. The van der Waals surface area contributed by atoms with E-state index < -0.39 is 15.6 Å². The molecule has 1 aromatic carbocycles. The van der Waals surface area contributed by atoms with Crippen LogP contribution < -0.4 is 5.73 Å². The molecule has 0 radical (unpaired) electrons. The van der Waals surface area contributed by atoms with Gasteiger partial charge in [0.15, 0.2) is 0 Å². The fourth-order valence-electron chi connectivity index (χ4n) is 1.83. The van der Waals surface area contributed by atoms with Crippen LogP contribution in [0.25, 0.3) is 0 Å². The molecule has 0 aliphatic carbocycles. The van der Waals surface area contributed by atoms with E-state index in [1.807, 2.05) is 20.8 Å². The third kappa shape index (κ3) is 3.61. The topological polar surface area (TPSA) is 63.4 Å². The Balaban J connectivity index is 3.33. The van der Waals surface area contributed by atoms with Gasteiger partial charge in [0, 0.05) is 23.7 Å². The Labute approximate surface area is 126 Å². The molecule has 0 aliphatic heterocycles. The Morgan fingerprint density at radius 3 is 2.40 bits per heavy atom. The molecule has 1 aromatic rings. The number of nitrogens with zero attached hydrogens (tertiary/aromatic N) is 1. The summed E-state index contributed by atoms with van der Waals surface area (Å²) in [6.07, 6.45) is 1.57. The lowest BCUT2D eigenvalue weighted by Crippen LogP contribution is -2.45. The van der Waals surface area contributed by atoms with Crippen LogP contribution >= 0.6 is 11.6 Å². The number of rotatable bonds is 5. The van der Waals surface area contributed by atoms with Gasteiger partial charge in [-0.15, -0.1) is 6.58 Å². The molecule has 0 atom stereocenters. The lowest BCUT2D eigenvalue weighted by molar-refractivity contribution is 0.270. The monoisotopic (exact) mass is 316 g/mol. The number of hydrogen-bond donors (Lipinski definition) is 1. The third-order valence-electron chi connectivity index (χ3n) is 2.88. The van der Waals surface area contributed by atoms with Gasteiger partial charge in [-0.05, 0) is 38.5 Å². The van der Waals surface area contributed by atoms with Crippen LogP contribution in [-0.2, 0) is 16.6 Å². The minimum Gasteiger partial charge on any atom is -0.326 e. The van der Waals surface area contributed by atoms with E-state index in [-0.39, 0.29) is 18.0 Å². The zero-order chi connectivity index (χ0) is 15.6. The SMILES string of the molecule is C=CCN(C(C)(C)C)S(=O)(=O)c1ccc(CN)c(Cl)c1. The van der Waals surface area contributed by atoms with Crippen molar-refractivity contribution in [3.63, 3.8) is 0 Å². The molecule has 0 spiro atoms. The first-order valence-electron chi connectivity index (χ1n) is 6.27. The van der Waals surface area contributed by atoms with E-state index in [1.165, 1.54) is 16.4 Å². The molecule has 2 N–H and O–H groups in total. The van der Waals surface area contributed by atoms with Gasteiger partial charge < -0.3 is 5.73 Å². The maximum atomic E-state index is 12.7. The van der Waals surface area contributed by atoms with E-state index >= 15 is 0 Å². The van der Waals surface area contributed by atoms with Crippen LogP contribution in [0.2, 0.25) is 5.02 Å². The van der Waals surface area contributed by atoms with Crippen LogP contribution in [0.5, 0.6) is 0 Å². The molecule has 0 fully saturated rings. The van der Waals surface area contributed by atoms with Gasteiger partial charge in [0.05, 0.1) is 4.90 Å². The predicted octanol–water partition coefficient (Wildman–Crippen LogP) is 2.77. The summed E-state index contributed by atoms with van der Waals surface area (Å²) in [5.74, 6) is 0. The highest BCUT2D eigenvalue weighted by Gasteiger charge is 2.33. The molecule has 6 heteroatoms. The summed E-state index contributed by atoms with van der Waals surface area (Å²) in [5, 5.41) is 0.362. The van der Waals surface area contributed by atoms with Crippen molar-refractivity contribution in [3.8, 4) is 0 Å². The maximum Gasteiger partial charge on any atom is 0.243 e. The van der Waals surface area contributed by atoms with E-state index in [0.717, 1.165) is 5.56 Å². The smallest absolute Gasteiger partial charge is 0.243 e. The van der Waals surface area contributed by atoms with Gasteiger partial charge >= 0.3 is 0 Å². The zero-order valence-electron chi connectivity index (χ0n) is 12.1. The maximum absolute atomic E-state index is 12.7. The van der Waals surface area contributed by atoms with E-state index in [9.17, 15) is 8.42 Å².